The maximum absolute atomic E-state index is 13.3. The van der Waals surface area contributed by atoms with E-state index in [1.54, 1.807) is 17.5 Å². The summed E-state index contributed by atoms with van der Waals surface area (Å²) in [7, 11) is 0. The molecule has 154 valence electrons. The Morgan fingerprint density at radius 3 is 2.65 bits per heavy atom. The number of amides is 1. The number of aromatic nitrogens is 1. The van der Waals surface area contributed by atoms with Crippen molar-refractivity contribution in [2.75, 3.05) is 4.90 Å². The van der Waals surface area contributed by atoms with E-state index in [0.29, 0.717) is 10.0 Å². The maximum atomic E-state index is 13.3. The molecule has 0 fully saturated rings. The predicted octanol–water partition coefficient (Wildman–Crippen LogP) is 6.21. The molecule has 0 radical (unpaired) electrons. The molecular formula is C23H15BrN2O3S2. The lowest BCUT2D eigenvalue weighted by Gasteiger charge is -2.24. The molecule has 2 aromatic carbocycles. The van der Waals surface area contributed by atoms with E-state index in [2.05, 4.69) is 20.9 Å². The molecule has 31 heavy (non-hydrogen) atoms. The highest BCUT2D eigenvalue weighted by molar-refractivity contribution is 9.10. The van der Waals surface area contributed by atoms with Gasteiger partial charge in [-0.05, 0) is 53.8 Å². The number of halogens is 1. The number of aliphatic hydroxyl groups is 1. The number of aliphatic hydroxyl groups excluding tert-OH is 1. The zero-order valence-electron chi connectivity index (χ0n) is 16.2. The number of hydrogen-bond donors (Lipinski definition) is 1. The Hall–Kier alpha value is -2.81. The third-order valence-corrected chi connectivity index (χ3v) is 7.54. The fourth-order valence-electron chi connectivity index (χ4n) is 3.66. The van der Waals surface area contributed by atoms with Gasteiger partial charge in [0, 0.05) is 4.47 Å². The van der Waals surface area contributed by atoms with Crippen LogP contribution in [0.4, 0.5) is 5.13 Å². The lowest BCUT2D eigenvalue weighted by Crippen LogP contribution is -2.30. The average molecular weight is 511 g/mol. The molecule has 1 atom stereocenters. The fourth-order valence-corrected chi connectivity index (χ4v) is 5.69. The molecule has 0 saturated heterocycles. The molecule has 8 heteroatoms. The summed E-state index contributed by atoms with van der Waals surface area (Å²) in [5.74, 6) is -1.50. The topological polar surface area (TPSA) is 70.5 Å². The second-order valence-electron chi connectivity index (χ2n) is 7.17. The molecule has 1 aliphatic heterocycles. The molecule has 2 aromatic heterocycles. The normalized spacial score (nSPS) is 16.5. The molecule has 4 aromatic rings. The summed E-state index contributed by atoms with van der Waals surface area (Å²) in [6.45, 7) is 2.00. The number of benzene rings is 2. The van der Waals surface area contributed by atoms with Gasteiger partial charge in [0.25, 0.3) is 5.91 Å². The third kappa shape index (κ3) is 3.40. The zero-order chi connectivity index (χ0) is 21.7. The van der Waals surface area contributed by atoms with E-state index in [4.69, 9.17) is 0 Å². The van der Waals surface area contributed by atoms with Gasteiger partial charge in [-0.3, -0.25) is 14.5 Å². The van der Waals surface area contributed by atoms with E-state index in [1.807, 2.05) is 49.4 Å². The number of hydrogen-bond acceptors (Lipinski definition) is 6. The molecule has 1 amide bonds. The van der Waals surface area contributed by atoms with Crippen LogP contribution in [0.3, 0.4) is 0 Å². The number of carbonyl (C=O) groups is 2. The lowest BCUT2D eigenvalue weighted by atomic mass is 9.96. The summed E-state index contributed by atoms with van der Waals surface area (Å²) < 4.78 is 1.82. The Morgan fingerprint density at radius 2 is 1.94 bits per heavy atom. The van der Waals surface area contributed by atoms with Gasteiger partial charge in [0.15, 0.2) is 10.9 Å². The largest absolute Gasteiger partial charge is 0.503 e. The summed E-state index contributed by atoms with van der Waals surface area (Å²) in [6, 6.07) is 16.0. The molecule has 1 aliphatic rings. The van der Waals surface area contributed by atoms with Crippen molar-refractivity contribution in [3.8, 4) is 0 Å². The Bertz CT molecular complexity index is 1360. The van der Waals surface area contributed by atoms with E-state index in [0.717, 1.165) is 25.8 Å². The quantitative estimate of drug-likeness (QED) is 0.331. The fraction of sp³-hybridized carbons (Fsp3) is 0.0870. The van der Waals surface area contributed by atoms with Gasteiger partial charge in [0.1, 0.15) is 0 Å². The third-order valence-electron chi connectivity index (χ3n) is 5.12. The number of thiazole rings is 1. The first kappa shape index (κ1) is 20.1. The molecule has 0 bridgehead atoms. The van der Waals surface area contributed by atoms with Gasteiger partial charge in [-0.1, -0.05) is 51.5 Å². The van der Waals surface area contributed by atoms with Crippen molar-refractivity contribution >= 4 is 65.6 Å². The standard InChI is InChI=1S/C23H15BrN2O3S2/c1-12-4-9-15-17(11-12)31-23(25-15)26-19(13-5-7-14(24)8-6-13)18(21(28)22(26)29)20(27)16-3-2-10-30-16/h2-11,19,28H,1H3. The van der Waals surface area contributed by atoms with Crippen LogP contribution < -0.4 is 4.90 Å². The highest BCUT2D eigenvalue weighted by Gasteiger charge is 2.46. The van der Waals surface area contributed by atoms with Crippen LogP contribution in [0.25, 0.3) is 10.2 Å². The summed E-state index contributed by atoms with van der Waals surface area (Å²) in [5, 5.41) is 13.0. The maximum Gasteiger partial charge on any atom is 0.296 e. The van der Waals surface area contributed by atoms with E-state index in [-0.39, 0.29) is 11.4 Å². The second-order valence-corrected chi connectivity index (χ2v) is 10.0. The van der Waals surface area contributed by atoms with Crippen molar-refractivity contribution in [1.82, 2.24) is 4.98 Å². The number of thiophene rings is 1. The van der Waals surface area contributed by atoms with Crippen molar-refractivity contribution < 1.29 is 14.7 Å². The first-order chi connectivity index (χ1) is 14.9. The summed E-state index contributed by atoms with van der Waals surface area (Å²) in [6.07, 6.45) is 0. The molecule has 0 aliphatic carbocycles. The van der Waals surface area contributed by atoms with Crippen molar-refractivity contribution in [2.24, 2.45) is 0 Å². The van der Waals surface area contributed by atoms with Gasteiger partial charge < -0.3 is 5.11 Å². The minimum Gasteiger partial charge on any atom is -0.503 e. The van der Waals surface area contributed by atoms with Crippen molar-refractivity contribution in [3.63, 3.8) is 0 Å². The molecule has 0 spiro atoms. The van der Waals surface area contributed by atoms with Crippen molar-refractivity contribution in [2.45, 2.75) is 13.0 Å². The van der Waals surface area contributed by atoms with Crippen molar-refractivity contribution in [3.05, 3.63) is 91.8 Å². The smallest absolute Gasteiger partial charge is 0.296 e. The van der Waals surface area contributed by atoms with Crippen LogP contribution in [0.2, 0.25) is 0 Å². The Labute approximate surface area is 194 Å². The van der Waals surface area contributed by atoms with Gasteiger partial charge in [-0.15, -0.1) is 11.3 Å². The van der Waals surface area contributed by atoms with Crippen LogP contribution in [0, 0.1) is 6.92 Å². The number of fused-ring (bicyclic) bond motifs is 1. The molecule has 5 rings (SSSR count). The zero-order valence-corrected chi connectivity index (χ0v) is 19.4. The highest BCUT2D eigenvalue weighted by atomic mass is 79.9. The second kappa shape index (κ2) is 7.71. The molecule has 1 unspecified atom stereocenters. The Kier molecular flexibility index (Phi) is 5.00. The van der Waals surface area contributed by atoms with Gasteiger partial charge in [0.05, 0.1) is 26.7 Å². The SMILES string of the molecule is Cc1ccc2nc(N3C(=O)C(O)=C(C(=O)c4cccs4)C3c3ccc(Br)cc3)sc2c1. The van der Waals surface area contributed by atoms with E-state index in [9.17, 15) is 14.7 Å². The number of ketones is 1. The number of Topliss-reactive ketones (excluding diaryl/α,β-unsaturated/α-hetero) is 1. The van der Waals surface area contributed by atoms with Crippen LogP contribution in [0.15, 0.2) is 75.8 Å². The van der Waals surface area contributed by atoms with E-state index in [1.165, 1.54) is 27.6 Å². The van der Waals surface area contributed by atoms with Crippen LogP contribution in [0.1, 0.15) is 26.8 Å². The lowest BCUT2D eigenvalue weighted by molar-refractivity contribution is -0.117. The van der Waals surface area contributed by atoms with Gasteiger partial charge in [-0.25, -0.2) is 4.98 Å². The summed E-state index contributed by atoms with van der Waals surface area (Å²) in [5.41, 5.74) is 2.65. The molecule has 5 nitrogen and oxygen atoms in total. The van der Waals surface area contributed by atoms with Crippen LogP contribution in [0.5, 0.6) is 0 Å². The van der Waals surface area contributed by atoms with E-state index < -0.39 is 17.7 Å². The van der Waals surface area contributed by atoms with Crippen LogP contribution in [-0.2, 0) is 4.79 Å². The minimum atomic E-state index is -0.767. The molecule has 0 saturated carbocycles. The number of anilines is 1. The minimum absolute atomic E-state index is 0.0743. The van der Waals surface area contributed by atoms with Crippen molar-refractivity contribution in [1.29, 1.82) is 0 Å². The first-order valence-corrected chi connectivity index (χ1v) is 11.9. The molecule has 1 N–H and O–H groups in total. The Balaban J connectivity index is 1.68. The van der Waals surface area contributed by atoms with Crippen LogP contribution in [-0.4, -0.2) is 21.8 Å². The molecule has 3 heterocycles. The number of aryl methyl sites for hydroxylation is 1. The molecular weight excluding hydrogens is 496 g/mol. The monoisotopic (exact) mass is 510 g/mol. The summed E-state index contributed by atoms with van der Waals surface area (Å²) in [4.78, 5) is 33.0. The van der Waals surface area contributed by atoms with Gasteiger partial charge in [-0.2, -0.15) is 0 Å². The Morgan fingerprint density at radius 1 is 1.16 bits per heavy atom. The number of carbonyl (C=O) groups excluding carboxylic acids is 2. The van der Waals surface area contributed by atoms with E-state index >= 15 is 0 Å². The van der Waals surface area contributed by atoms with Gasteiger partial charge in [0.2, 0.25) is 5.78 Å². The highest BCUT2D eigenvalue weighted by Crippen LogP contribution is 2.44. The average Bonchev–Trinajstić information content (AvgIpc) is 3.47. The first-order valence-electron chi connectivity index (χ1n) is 9.41. The number of rotatable bonds is 4. The predicted molar refractivity (Wildman–Crippen MR) is 127 cm³/mol. The number of nitrogens with zero attached hydrogens (tertiary/aromatic N) is 2. The van der Waals surface area contributed by atoms with Crippen LogP contribution >= 0.6 is 38.6 Å². The summed E-state index contributed by atoms with van der Waals surface area (Å²) >= 11 is 6.07. The van der Waals surface area contributed by atoms with Gasteiger partial charge >= 0.3 is 0 Å².